The fourth-order valence-corrected chi connectivity index (χ4v) is 2.08. The summed E-state index contributed by atoms with van der Waals surface area (Å²) in [5.74, 6) is 1.91. The van der Waals surface area contributed by atoms with Gasteiger partial charge in [-0.05, 0) is 31.1 Å². The summed E-state index contributed by atoms with van der Waals surface area (Å²) in [6.45, 7) is 1.82. The quantitative estimate of drug-likeness (QED) is 0.559. The van der Waals surface area contributed by atoms with Crippen molar-refractivity contribution in [2.75, 3.05) is 13.2 Å². The molecule has 1 saturated heterocycles. The Bertz CT molecular complexity index is 150. The molecular weight excluding hydrogens is 140 g/mol. The van der Waals surface area contributed by atoms with Gasteiger partial charge in [-0.3, -0.25) is 0 Å². The summed E-state index contributed by atoms with van der Waals surface area (Å²) in [5.41, 5.74) is 0. The van der Waals surface area contributed by atoms with E-state index < -0.39 is 0 Å². The summed E-state index contributed by atoms with van der Waals surface area (Å²) >= 11 is 0. The minimum atomic E-state index is 0.401. The van der Waals surface area contributed by atoms with Crippen molar-refractivity contribution in [3.8, 4) is 0 Å². The molecule has 2 fully saturated rings. The second-order valence-electron chi connectivity index (χ2n) is 3.65. The molecule has 0 aromatic carbocycles. The highest BCUT2D eigenvalue weighted by molar-refractivity contribution is 5.58. The SMILES string of the molecule is O=C[C@H]1C[C@@H]1C1CCOCC1. The van der Waals surface area contributed by atoms with Crippen LogP contribution in [0.25, 0.3) is 0 Å². The zero-order valence-corrected chi connectivity index (χ0v) is 6.66. The monoisotopic (exact) mass is 154 g/mol. The summed E-state index contributed by atoms with van der Waals surface area (Å²) in [7, 11) is 0. The molecule has 2 nitrogen and oxygen atoms in total. The molecule has 0 bridgehead atoms. The van der Waals surface area contributed by atoms with E-state index in [9.17, 15) is 4.79 Å². The molecule has 0 N–H and O–H groups in total. The maximum Gasteiger partial charge on any atom is 0.123 e. The molecule has 2 aliphatic rings. The van der Waals surface area contributed by atoms with Gasteiger partial charge in [0.05, 0.1) is 0 Å². The van der Waals surface area contributed by atoms with Crippen molar-refractivity contribution in [2.45, 2.75) is 19.3 Å². The number of carbonyl (C=O) groups is 1. The average molecular weight is 154 g/mol. The molecule has 0 aromatic heterocycles. The fraction of sp³-hybridized carbons (Fsp3) is 0.889. The van der Waals surface area contributed by atoms with Crippen molar-refractivity contribution in [3.05, 3.63) is 0 Å². The summed E-state index contributed by atoms with van der Waals surface area (Å²) in [4.78, 5) is 10.4. The van der Waals surface area contributed by atoms with E-state index >= 15 is 0 Å². The number of aldehydes is 1. The zero-order valence-electron chi connectivity index (χ0n) is 6.66. The third kappa shape index (κ3) is 1.45. The zero-order chi connectivity index (χ0) is 7.68. The molecular formula is C9H14O2. The topological polar surface area (TPSA) is 26.3 Å². The maximum absolute atomic E-state index is 10.4. The first-order chi connectivity index (χ1) is 5.42. The Morgan fingerprint density at radius 1 is 1.27 bits per heavy atom. The van der Waals surface area contributed by atoms with Crippen molar-refractivity contribution in [3.63, 3.8) is 0 Å². The van der Waals surface area contributed by atoms with Gasteiger partial charge in [0, 0.05) is 19.1 Å². The predicted molar refractivity (Wildman–Crippen MR) is 41.2 cm³/mol. The van der Waals surface area contributed by atoms with Gasteiger partial charge in [-0.25, -0.2) is 0 Å². The summed E-state index contributed by atoms with van der Waals surface area (Å²) in [6, 6.07) is 0. The lowest BCUT2D eigenvalue weighted by Crippen LogP contribution is -2.17. The second-order valence-corrected chi connectivity index (χ2v) is 3.65. The number of hydrogen-bond donors (Lipinski definition) is 0. The van der Waals surface area contributed by atoms with Crippen LogP contribution in [0.15, 0.2) is 0 Å². The van der Waals surface area contributed by atoms with Crippen LogP contribution >= 0.6 is 0 Å². The Balaban J connectivity index is 1.81. The molecule has 62 valence electrons. The molecule has 1 saturated carbocycles. The number of hydrogen-bond acceptors (Lipinski definition) is 2. The van der Waals surface area contributed by atoms with Crippen LogP contribution in [0.4, 0.5) is 0 Å². The van der Waals surface area contributed by atoms with E-state index in [4.69, 9.17) is 4.74 Å². The van der Waals surface area contributed by atoms with Crippen LogP contribution in [-0.4, -0.2) is 19.5 Å². The summed E-state index contributed by atoms with van der Waals surface area (Å²) in [5, 5.41) is 0. The Labute approximate surface area is 66.9 Å². The third-order valence-electron chi connectivity index (χ3n) is 2.94. The number of ether oxygens (including phenoxy) is 1. The van der Waals surface area contributed by atoms with Gasteiger partial charge in [0.25, 0.3) is 0 Å². The van der Waals surface area contributed by atoms with Gasteiger partial charge in [0.15, 0.2) is 0 Å². The van der Waals surface area contributed by atoms with Crippen molar-refractivity contribution < 1.29 is 9.53 Å². The highest BCUT2D eigenvalue weighted by atomic mass is 16.5. The predicted octanol–water partition coefficient (Wildman–Crippen LogP) is 1.25. The number of carbonyl (C=O) groups excluding carboxylic acids is 1. The first-order valence-electron chi connectivity index (χ1n) is 4.45. The van der Waals surface area contributed by atoms with Gasteiger partial charge in [0.2, 0.25) is 0 Å². The summed E-state index contributed by atoms with van der Waals surface area (Å²) < 4.78 is 5.26. The lowest BCUT2D eigenvalue weighted by molar-refractivity contribution is -0.109. The Kier molecular flexibility index (Phi) is 1.95. The lowest BCUT2D eigenvalue weighted by atomic mass is 9.94. The van der Waals surface area contributed by atoms with Gasteiger partial charge in [-0.15, -0.1) is 0 Å². The largest absolute Gasteiger partial charge is 0.381 e. The molecule has 0 spiro atoms. The summed E-state index contributed by atoms with van der Waals surface area (Å²) in [6.07, 6.45) is 4.62. The van der Waals surface area contributed by atoms with Gasteiger partial charge in [-0.2, -0.15) is 0 Å². The first-order valence-corrected chi connectivity index (χ1v) is 4.45. The fourth-order valence-electron chi connectivity index (χ4n) is 2.08. The van der Waals surface area contributed by atoms with Crippen LogP contribution in [0.5, 0.6) is 0 Å². The van der Waals surface area contributed by atoms with E-state index in [0.717, 1.165) is 37.8 Å². The van der Waals surface area contributed by atoms with Crippen LogP contribution < -0.4 is 0 Å². The minimum absolute atomic E-state index is 0.401. The van der Waals surface area contributed by atoms with Gasteiger partial charge in [-0.1, -0.05) is 0 Å². The number of rotatable bonds is 2. The van der Waals surface area contributed by atoms with Crippen LogP contribution in [-0.2, 0) is 9.53 Å². The Morgan fingerprint density at radius 3 is 2.55 bits per heavy atom. The molecule has 1 aliphatic carbocycles. The van der Waals surface area contributed by atoms with Crippen LogP contribution in [0.1, 0.15) is 19.3 Å². The molecule has 0 aromatic rings. The van der Waals surface area contributed by atoms with E-state index in [1.165, 1.54) is 12.8 Å². The van der Waals surface area contributed by atoms with Crippen molar-refractivity contribution in [2.24, 2.45) is 17.8 Å². The molecule has 0 radical (unpaired) electrons. The maximum atomic E-state index is 10.4. The minimum Gasteiger partial charge on any atom is -0.381 e. The van der Waals surface area contributed by atoms with Crippen molar-refractivity contribution in [1.82, 2.24) is 0 Å². The van der Waals surface area contributed by atoms with Crippen LogP contribution in [0.2, 0.25) is 0 Å². The molecule has 2 rings (SSSR count). The second kappa shape index (κ2) is 2.94. The van der Waals surface area contributed by atoms with Gasteiger partial charge in [0.1, 0.15) is 6.29 Å². The van der Waals surface area contributed by atoms with Crippen LogP contribution in [0, 0.1) is 17.8 Å². The van der Waals surface area contributed by atoms with E-state index in [1.807, 2.05) is 0 Å². The molecule has 2 atom stereocenters. The molecule has 2 heteroatoms. The van der Waals surface area contributed by atoms with E-state index in [-0.39, 0.29) is 0 Å². The van der Waals surface area contributed by atoms with Gasteiger partial charge < -0.3 is 9.53 Å². The lowest BCUT2D eigenvalue weighted by Gasteiger charge is -2.21. The Morgan fingerprint density at radius 2 is 2.00 bits per heavy atom. The van der Waals surface area contributed by atoms with Crippen LogP contribution in [0.3, 0.4) is 0 Å². The highest BCUT2D eigenvalue weighted by Gasteiger charge is 2.42. The van der Waals surface area contributed by atoms with E-state index in [2.05, 4.69) is 0 Å². The Hall–Kier alpha value is -0.370. The molecule has 1 aliphatic heterocycles. The normalized spacial score (nSPS) is 38.5. The molecule has 1 heterocycles. The van der Waals surface area contributed by atoms with Gasteiger partial charge >= 0.3 is 0 Å². The molecule has 11 heavy (non-hydrogen) atoms. The van der Waals surface area contributed by atoms with E-state index in [0.29, 0.717) is 5.92 Å². The van der Waals surface area contributed by atoms with E-state index in [1.54, 1.807) is 0 Å². The molecule has 0 amide bonds. The average Bonchev–Trinajstić information content (AvgIpc) is 2.85. The first kappa shape index (κ1) is 7.29. The molecule has 0 unspecified atom stereocenters. The van der Waals surface area contributed by atoms with Crippen molar-refractivity contribution >= 4 is 6.29 Å². The highest BCUT2D eigenvalue weighted by Crippen LogP contribution is 2.46. The third-order valence-corrected chi connectivity index (χ3v) is 2.94. The van der Waals surface area contributed by atoms with Crippen molar-refractivity contribution in [1.29, 1.82) is 0 Å². The smallest absolute Gasteiger partial charge is 0.123 e. The standard InChI is InChI=1S/C9H14O2/c10-6-8-5-9(8)7-1-3-11-4-2-7/h6-9H,1-5H2/t8-,9-/m1/s1.